The predicted molar refractivity (Wildman–Crippen MR) is 117 cm³/mol. The third-order valence-electron chi connectivity index (χ3n) is 4.58. The first-order valence-corrected chi connectivity index (χ1v) is 10.4. The number of hydrogen-bond acceptors (Lipinski definition) is 6. The summed E-state index contributed by atoms with van der Waals surface area (Å²) in [6.07, 6.45) is 3.56. The topological polar surface area (TPSA) is 85.4 Å². The van der Waals surface area contributed by atoms with Crippen molar-refractivity contribution in [2.75, 3.05) is 25.1 Å². The van der Waals surface area contributed by atoms with Crippen molar-refractivity contribution in [3.63, 3.8) is 0 Å². The number of nitrogens with zero attached hydrogens (tertiary/aromatic N) is 2. The number of rotatable bonds is 4. The quantitative estimate of drug-likeness (QED) is 0.645. The SMILES string of the molecule is CCNC(=O)Nc1nc2cc(-c3cccnc3)cc(B3OCC(C)(C)CO3)c2s1. The van der Waals surface area contributed by atoms with E-state index in [1.807, 2.05) is 31.3 Å². The van der Waals surface area contributed by atoms with Crippen LogP contribution in [0, 0.1) is 5.41 Å². The van der Waals surface area contributed by atoms with Crippen LogP contribution in [0.4, 0.5) is 9.93 Å². The van der Waals surface area contributed by atoms with Crippen LogP contribution in [0.25, 0.3) is 21.3 Å². The lowest BCUT2D eigenvalue weighted by molar-refractivity contribution is 0.0344. The van der Waals surface area contributed by atoms with Gasteiger partial charge in [0.05, 0.1) is 10.2 Å². The third-order valence-corrected chi connectivity index (χ3v) is 5.61. The first-order valence-electron chi connectivity index (χ1n) is 9.58. The lowest BCUT2D eigenvalue weighted by atomic mass is 9.75. The molecule has 0 bridgehead atoms. The van der Waals surface area contributed by atoms with E-state index in [4.69, 9.17) is 9.31 Å². The highest BCUT2D eigenvalue weighted by Gasteiger charge is 2.35. The van der Waals surface area contributed by atoms with Crippen LogP contribution in [0.15, 0.2) is 36.7 Å². The molecule has 4 rings (SSSR count). The Kier molecular flexibility index (Phi) is 5.53. The molecule has 1 fully saturated rings. The zero-order valence-corrected chi connectivity index (χ0v) is 17.5. The third kappa shape index (κ3) is 4.42. The van der Waals surface area contributed by atoms with Crippen molar-refractivity contribution in [2.24, 2.45) is 5.41 Å². The summed E-state index contributed by atoms with van der Waals surface area (Å²) < 4.78 is 13.0. The number of fused-ring (bicyclic) bond motifs is 1. The molecule has 2 amide bonds. The first-order chi connectivity index (χ1) is 13.9. The maximum Gasteiger partial charge on any atom is 0.495 e. The summed E-state index contributed by atoms with van der Waals surface area (Å²) in [6.45, 7) is 7.87. The van der Waals surface area contributed by atoms with Crippen LogP contribution >= 0.6 is 11.3 Å². The Hall–Kier alpha value is -2.49. The van der Waals surface area contributed by atoms with Gasteiger partial charge in [-0.1, -0.05) is 37.3 Å². The Morgan fingerprint density at radius 2 is 2.07 bits per heavy atom. The van der Waals surface area contributed by atoms with Crippen LogP contribution < -0.4 is 16.1 Å². The van der Waals surface area contributed by atoms with Crippen LogP contribution in [0.1, 0.15) is 20.8 Å². The van der Waals surface area contributed by atoms with Crippen molar-refractivity contribution in [1.29, 1.82) is 0 Å². The molecule has 1 aliphatic rings. The van der Waals surface area contributed by atoms with Gasteiger partial charge in [-0.15, -0.1) is 0 Å². The molecule has 1 aliphatic heterocycles. The van der Waals surface area contributed by atoms with Crippen molar-refractivity contribution < 1.29 is 14.1 Å². The number of pyridine rings is 1. The van der Waals surface area contributed by atoms with Crippen LogP contribution in [0.5, 0.6) is 0 Å². The molecule has 2 aromatic heterocycles. The van der Waals surface area contributed by atoms with Gasteiger partial charge in [-0.05, 0) is 24.6 Å². The van der Waals surface area contributed by atoms with Gasteiger partial charge in [-0.2, -0.15) is 0 Å². The number of carbonyl (C=O) groups is 1. The van der Waals surface area contributed by atoms with Crippen molar-refractivity contribution in [3.05, 3.63) is 36.7 Å². The summed E-state index contributed by atoms with van der Waals surface area (Å²) in [4.78, 5) is 20.8. The van der Waals surface area contributed by atoms with Crippen LogP contribution in [0.3, 0.4) is 0 Å². The Labute approximate surface area is 174 Å². The Balaban J connectivity index is 1.76. The number of amides is 2. The van der Waals surface area contributed by atoms with E-state index in [-0.39, 0.29) is 11.4 Å². The molecule has 0 aliphatic carbocycles. The van der Waals surface area contributed by atoms with E-state index in [0.29, 0.717) is 24.9 Å². The molecule has 0 unspecified atom stereocenters. The Morgan fingerprint density at radius 1 is 1.28 bits per heavy atom. The van der Waals surface area contributed by atoms with E-state index in [0.717, 1.165) is 26.8 Å². The van der Waals surface area contributed by atoms with Gasteiger partial charge in [0, 0.05) is 48.6 Å². The fourth-order valence-corrected chi connectivity index (χ4v) is 4.12. The summed E-state index contributed by atoms with van der Waals surface area (Å²) >= 11 is 1.42. The van der Waals surface area contributed by atoms with Gasteiger partial charge in [-0.25, -0.2) is 9.78 Å². The summed E-state index contributed by atoms with van der Waals surface area (Å²) in [5.41, 5.74) is 3.65. The Bertz CT molecular complexity index is 1020. The largest absolute Gasteiger partial charge is 0.495 e. The number of thiazole rings is 1. The lowest BCUT2D eigenvalue weighted by Gasteiger charge is -2.33. The molecule has 0 radical (unpaired) electrons. The number of anilines is 1. The number of benzene rings is 1. The fourth-order valence-electron chi connectivity index (χ4n) is 3.16. The second-order valence-electron chi connectivity index (χ2n) is 7.78. The average Bonchev–Trinajstić information content (AvgIpc) is 3.10. The maximum atomic E-state index is 11.9. The van der Waals surface area contributed by atoms with Gasteiger partial charge < -0.3 is 14.6 Å². The zero-order valence-electron chi connectivity index (χ0n) is 16.7. The molecule has 150 valence electrons. The molecule has 29 heavy (non-hydrogen) atoms. The smallest absolute Gasteiger partial charge is 0.407 e. The van der Waals surface area contributed by atoms with Crippen molar-refractivity contribution in [1.82, 2.24) is 15.3 Å². The number of urea groups is 1. The van der Waals surface area contributed by atoms with Crippen molar-refractivity contribution in [2.45, 2.75) is 20.8 Å². The van der Waals surface area contributed by atoms with Crippen molar-refractivity contribution >= 4 is 45.3 Å². The Morgan fingerprint density at radius 3 is 2.76 bits per heavy atom. The summed E-state index contributed by atoms with van der Waals surface area (Å²) in [6, 6.07) is 7.70. The first kappa shape index (κ1) is 19.8. The monoisotopic (exact) mass is 410 g/mol. The molecular formula is C20H23BN4O3S. The average molecular weight is 410 g/mol. The molecule has 0 atom stereocenters. The van der Waals surface area contributed by atoms with E-state index in [9.17, 15) is 4.79 Å². The number of nitrogens with one attached hydrogen (secondary N) is 2. The second kappa shape index (κ2) is 8.10. The van der Waals surface area contributed by atoms with E-state index in [1.54, 1.807) is 6.20 Å². The van der Waals surface area contributed by atoms with Crippen molar-refractivity contribution in [3.8, 4) is 11.1 Å². The maximum absolute atomic E-state index is 11.9. The minimum Gasteiger partial charge on any atom is -0.407 e. The summed E-state index contributed by atoms with van der Waals surface area (Å²) in [5, 5.41) is 6.05. The highest BCUT2D eigenvalue weighted by atomic mass is 32.1. The van der Waals surface area contributed by atoms with Gasteiger partial charge in [0.15, 0.2) is 5.13 Å². The molecular weight excluding hydrogens is 387 g/mol. The van der Waals surface area contributed by atoms with E-state index < -0.39 is 7.12 Å². The number of aromatic nitrogens is 2. The molecule has 1 aromatic carbocycles. The molecule has 2 N–H and O–H groups in total. The normalized spacial score (nSPS) is 16.0. The molecule has 9 heteroatoms. The van der Waals surface area contributed by atoms with Gasteiger partial charge in [0.2, 0.25) is 0 Å². The number of hydrogen-bond donors (Lipinski definition) is 2. The molecule has 1 saturated heterocycles. The van der Waals surface area contributed by atoms with Gasteiger partial charge >= 0.3 is 13.1 Å². The highest BCUT2D eigenvalue weighted by Crippen LogP contribution is 2.31. The molecule has 7 nitrogen and oxygen atoms in total. The minimum absolute atomic E-state index is 0.0186. The minimum atomic E-state index is -0.472. The molecule has 3 aromatic rings. The zero-order chi connectivity index (χ0) is 20.4. The van der Waals surface area contributed by atoms with Crippen LogP contribution in [-0.2, 0) is 9.31 Å². The number of carbonyl (C=O) groups excluding carboxylic acids is 1. The standard InChI is InChI=1S/C20H23BN4O3S/c1-4-23-18(26)25-19-24-16-9-14(13-6-5-7-22-10-13)8-15(17(16)29-19)21-27-11-20(2,3)12-28-21/h5-10H,4,11-12H2,1-3H3,(H2,23,24,25,26). The van der Waals surface area contributed by atoms with Crippen LogP contribution in [-0.4, -0.2) is 42.9 Å². The molecule has 3 heterocycles. The van der Waals surface area contributed by atoms with E-state index in [2.05, 4.69) is 40.5 Å². The summed E-state index contributed by atoms with van der Waals surface area (Å²) in [7, 11) is -0.472. The van der Waals surface area contributed by atoms with Gasteiger partial charge in [-0.3, -0.25) is 10.3 Å². The highest BCUT2D eigenvalue weighted by molar-refractivity contribution is 7.23. The predicted octanol–water partition coefficient (Wildman–Crippen LogP) is 3.27. The fraction of sp³-hybridized carbons (Fsp3) is 0.350. The van der Waals surface area contributed by atoms with Gasteiger partial charge in [0.25, 0.3) is 0 Å². The molecule has 0 spiro atoms. The lowest BCUT2D eigenvalue weighted by Crippen LogP contribution is -2.47. The van der Waals surface area contributed by atoms with Crippen LogP contribution in [0.2, 0.25) is 0 Å². The van der Waals surface area contributed by atoms with Gasteiger partial charge in [0.1, 0.15) is 0 Å². The summed E-state index contributed by atoms with van der Waals surface area (Å²) in [5.74, 6) is 0. The second-order valence-corrected chi connectivity index (χ2v) is 8.78. The molecule has 0 saturated carbocycles. The van der Waals surface area contributed by atoms with E-state index in [1.165, 1.54) is 11.3 Å². The van der Waals surface area contributed by atoms with E-state index >= 15 is 0 Å².